The van der Waals surface area contributed by atoms with Gasteiger partial charge in [-0.1, -0.05) is 97.1 Å². The third-order valence-corrected chi connectivity index (χ3v) is 14.5. The van der Waals surface area contributed by atoms with Crippen LogP contribution in [0.4, 0.5) is 11.4 Å². The molecule has 6 heteroatoms. The Morgan fingerprint density at radius 1 is 0.394 bits per heavy atom. The Hall–Kier alpha value is -8.74. The van der Waals surface area contributed by atoms with E-state index < -0.39 is 0 Å². The number of hydrogen-bond acceptors (Lipinski definition) is 5. The van der Waals surface area contributed by atoms with E-state index >= 15 is 0 Å². The minimum Gasteiger partial charge on any atom is -0.459 e. The number of rotatable bonds is 3. The molecule has 6 heterocycles. The Bertz CT molecular complexity index is 4450. The van der Waals surface area contributed by atoms with Gasteiger partial charge >= 0.3 is 0 Å². The van der Waals surface area contributed by atoms with Gasteiger partial charge in [-0.05, 0) is 114 Å². The monoisotopic (exact) mass is 846 g/mol. The first-order valence-electron chi connectivity index (χ1n) is 22.5. The summed E-state index contributed by atoms with van der Waals surface area (Å²) in [7, 11) is 0. The van der Waals surface area contributed by atoms with Gasteiger partial charge in [-0.15, -0.1) is 0 Å². The number of para-hydroxylation sites is 4. The molecule has 0 spiro atoms. The van der Waals surface area contributed by atoms with Crippen LogP contribution in [0.25, 0.3) is 121 Å². The van der Waals surface area contributed by atoms with Gasteiger partial charge in [-0.3, -0.25) is 0 Å². The molecule has 0 radical (unpaired) electrons. The van der Waals surface area contributed by atoms with Crippen LogP contribution in [-0.2, 0) is 0 Å². The van der Waals surface area contributed by atoms with Gasteiger partial charge in [-0.25, -0.2) is 0 Å². The summed E-state index contributed by atoms with van der Waals surface area (Å²) in [4.78, 5) is 2.50. The molecule has 1 aliphatic heterocycles. The molecule has 0 N–H and O–H groups in total. The number of furan rings is 4. The van der Waals surface area contributed by atoms with Gasteiger partial charge in [0.1, 0.15) is 44.8 Å². The molecule has 2 atom stereocenters. The van der Waals surface area contributed by atoms with Crippen molar-refractivity contribution in [3.63, 3.8) is 0 Å². The maximum atomic E-state index is 7.45. The highest BCUT2D eigenvalue weighted by atomic mass is 16.3. The summed E-state index contributed by atoms with van der Waals surface area (Å²) in [6.45, 7) is 0. The standard InChI is InChI=1S/C60H34N2O4/c1-5-13-47-42(12-1)57-49(61(47)35-19-27-55-44(31-35)38-10-3-7-15-52(38)64-55)24-21-40-41-22-25-50-58(60(41)66-59(40)57)46-30-33(34-18-26-54-43(29-34)37-9-2-6-14-51(37)63-54)17-23-48(46)62(50)36-20-28-56-45(32-36)39-11-4-8-16-53(39)65-56/h1-32,50,58H. The molecule has 6 nitrogen and oxygen atoms in total. The molecule has 66 heavy (non-hydrogen) atoms. The maximum absolute atomic E-state index is 7.45. The van der Waals surface area contributed by atoms with Crippen molar-refractivity contribution >= 4 is 116 Å². The van der Waals surface area contributed by atoms with E-state index in [1.807, 2.05) is 36.4 Å². The predicted octanol–water partition coefficient (Wildman–Crippen LogP) is 16.6. The van der Waals surface area contributed by atoms with E-state index in [2.05, 4.69) is 167 Å². The smallest absolute Gasteiger partial charge is 0.144 e. The molecule has 2 aliphatic rings. The number of anilines is 2. The summed E-state index contributed by atoms with van der Waals surface area (Å²) >= 11 is 0. The molecule has 9 aromatic carbocycles. The van der Waals surface area contributed by atoms with Crippen LogP contribution in [0.2, 0.25) is 0 Å². The number of aromatic nitrogens is 1. The molecule has 2 unspecified atom stereocenters. The van der Waals surface area contributed by atoms with E-state index in [1.165, 1.54) is 5.56 Å². The van der Waals surface area contributed by atoms with Crippen LogP contribution >= 0.6 is 0 Å². The van der Waals surface area contributed by atoms with Gasteiger partial charge in [0, 0.05) is 65.7 Å². The average molecular weight is 847 g/mol. The van der Waals surface area contributed by atoms with E-state index in [9.17, 15) is 0 Å². The van der Waals surface area contributed by atoms with Crippen LogP contribution in [0.15, 0.2) is 206 Å². The van der Waals surface area contributed by atoms with E-state index in [-0.39, 0.29) is 12.0 Å². The lowest BCUT2D eigenvalue weighted by Crippen LogP contribution is -2.30. The van der Waals surface area contributed by atoms with Crippen LogP contribution in [0.5, 0.6) is 0 Å². The van der Waals surface area contributed by atoms with Crippen molar-refractivity contribution < 1.29 is 17.7 Å². The second-order valence-corrected chi connectivity index (χ2v) is 17.9. The lowest BCUT2D eigenvalue weighted by Gasteiger charge is -2.29. The Balaban J connectivity index is 0.913. The lowest BCUT2D eigenvalue weighted by atomic mass is 9.84. The first kappa shape index (κ1) is 34.7. The highest BCUT2D eigenvalue weighted by molar-refractivity contribution is 6.21. The van der Waals surface area contributed by atoms with Crippen molar-refractivity contribution in [1.29, 1.82) is 0 Å². The van der Waals surface area contributed by atoms with Gasteiger partial charge in [0.25, 0.3) is 0 Å². The first-order valence-corrected chi connectivity index (χ1v) is 22.5. The Morgan fingerprint density at radius 2 is 0.955 bits per heavy atom. The van der Waals surface area contributed by atoms with Crippen molar-refractivity contribution in [2.75, 3.05) is 4.90 Å². The fraction of sp³-hybridized carbons (Fsp3) is 0.0333. The number of fused-ring (bicyclic) bond motifs is 20. The molecule has 0 fully saturated rings. The van der Waals surface area contributed by atoms with Crippen molar-refractivity contribution in [2.45, 2.75) is 12.0 Å². The molecule has 16 rings (SSSR count). The zero-order chi connectivity index (χ0) is 42.8. The zero-order valence-electron chi connectivity index (χ0n) is 35.2. The number of hydrogen-bond donors (Lipinski definition) is 0. The second-order valence-electron chi connectivity index (χ2n) is 17.9. The van der Waals surface area contributed by atoms with E-state index in [0.717, 1.165) is 138 Å². The predicted molar refractivity (Wildman–Crippen MR) is 268 cm³/mol. The summed E-state index contributed by atoms with van der Waals surface area (Å²) in [5.41, 5.74) is 16.5. The van der Waals surface area contributed by atoms with Gasteiger partial charge in [-0.2, -0.15) is 0 Å². The van der Waals surface area contributed by atoms with Crippen molar-refractivity contribution in [3.05, 3.63) is 205 Å². The molecule has 0 amide bonds. The molecule has 5 aromatic heterocycles. The summed E-state index contributed by atoms with van der Waals surface area (Å²) in [6.07, 6.45) is 4.69. The number of benzene rings is 9. The van der Waals surface area contributed by atoms with Gasteiger partial charge in [0.05, 0.1) is 28.4 Å². The normalized spacial score (nSPS) is 15.8. The summed E-state index contributed by atoms with van der Waals surface area (Å²) in [5, 5.41) is 10.0. The molecule has 0 saturated heterocycles. The van der Waals surface area contributed by atoms with Crippen LogP contribution in [0.3, 0.4) is 0 Å². The zero-order valence-corrected chi connectivity index (χ0v) is 35.2. The topological polar surface area (TPSA) is 60.7 Å². The van der Waals surface area contributed by atoms with Gasteiger partial charge < -0.3 is 27.1 Å². The maximum Gasteiger partial charge on any atom is 0.144 e. The molecular formula is C60H34N2O4. The third kappa shape index (κ3) is 4.54. The molecule has 0 saturated carbocycles. The van der Waals surface area contributed by atoms with Crippen LogP contribution in [0.1, 0.15) is 22.8 Å². The fourth-order valence-corrected chi connectivity index (χ4v) is 11.6. The number of nitrogens with zero attached hydrogens (tertiary/aromatic N) is 2. The molecule has 308 valence electrons. The van der Waals surface area contributed by atoms with Crippen LogP contribution < -0.4 is 4.90 Å². The van der Waals surface area contributed by atoms with Gasteiger partial charge in [0.15, 0.2) is 0 Å². The van der Waals surface area contributed by atoms with E-state index in [1.54, 1.807) is 0 Å². The molecular weight excluding hydrogens is 813 g/mol. The fourth-order valence-electron chi connectivity index (χ4n) is 11.6. The third-order valence-electron chi connectivity index (χ3n) is 14.5. The van der Waals surface area contributed by atoms with Crippen molar-refractivity contribution in [2.24, 2.45) is 0 Å². The Kier molecular flexibility index (Phi) is 6.57. The highest BCUT2D eigenvalue weighted by Gasteiger charge is 2.44. The summed E-state index contributed by atoms with van der Waals surface area (Å²) in [5.74, 6) is 0.906. The van der Waals surface area contributed by atoms with E-state index in [0.29, 0.717) is 0 Å². The molecule has 14 aromatic rings. The van der Waals surface area contributed by atoms with E-state index in [4.69, 9.17) is 17.7 Å². The average Bonchev–Trinajstić information content (AvgIpc) is 4.22. The summed E-state index contributed by atoms with van der Waals surface area (Å²) in [6, 6.07) is 64.7. The Morgan fingerprint density at radius 3 is 1.67 bits per heavy atom. The molecule has 1 aliphatic carbocycles. The van der Waals surface area contributed by atoms with Crippen LogP contribution in [0, 0.1) is 0 Å². The minimum absolute atomic E-state index is 0.0347. The SMILES string of the molecule is C1=CC2C(c3cc(-c4ccc5oc6ccccc6c5c4)ccc3N2c2ccc3oc4ccccc4c3c2)c2oc3c(ccc4c3c3ccccc3n4-c3ccc4oc5ccccc5c4c3)c21. The lowest BCUT2D eigenvalue weighted by molar-refractivity contribution is 0.507. The highest BCUT2D eigenvalue weighted by Crippen LogP contribution is 2.55. The quantitative estimate of drug-likeness (QED) is 0.177. The minimum atomic E-state index is -0.0807. The second kappa shape index (κ2) is 12.5. The first-order chi connectivity index (χ1) is 32.7. The van der Waals surface area contributed by atoms with Crippen molar-refractivity contribution in [3.8, 4) is 16.8 Å². The Labute approximate surface area is 375 Å². The van der Waals surface area contributed by atoms with Crippen molar-refractivity contribution in [1.82, 2.24) is 4.57 Å². The largest absolute Gasteiger partial charge is 0.459 e. The molecule has 0 bridgehead atoms. The summed E-state index contributed by atoms with van der Waals surface area (Å²) < 4.78 is 28.6. The van der Waals surface area contributed by atoms with Gasteiger partial charge in [0.2, 0.25) is 0 Å². The van der Waals surface area contributed by atoms with Crippen LogP contribution in [-0.4, -0.2) is 10.6 Å².